The zero-order chi connectivity index (χ0) is 11.2. The highest BCUT2D eigenvalue weighted by molar-refractivity contribution is 5.77. The largest absolute Gasteiger partial charge is 0.464 e. The van der Waals surface area contributed by atoms with E-state index in [1.165, 1.54) is 5.56 Å². The summed E-state index contributed by atoms with van der Waals surface area (Å²) in [4.78, 5) is 13.4. The van der Waals surface area contributed by atoms with E-state index >= 15 is 0 Å². The van der Waals surface area contributed by atoms with Crippen LogP contribution in [0.25, 0.3) is 11.0 Å². The minimum absolute atomic E-state index is 0.581. The van der Waals surface area contributed by atoms with Crippen molar-refractivity contribution in [3.63, 3.8) is 0 Å². The molecule has 0 aliphatic heterocycles. The summed E-state index contributed by atoms with van der Waals surface area (Å²) in [6, 6.07) is 8.18. The highest BCUT2D eigenvalue weighted by Crippen LogP contribution is 2.18. The molecule has 0 aliphatic carbocycles. The van der Waals surface area contributed by atoms with Crippen LogP contribution in [-0.2, 0) is 11.2 Å². The molecule has 1 aromatic heterocycles. The Morgan fingerprint density at radius 3 is 3.06 bits per heavy atom. The number of aryl methyl sites for hydroxylation is 1. The third-order valence-corrected chi connectivity index (χ3v) is 2.57. The lowest BCUT2D eigenvalue weighted by molar-refractivity contribution is 0.562. The van der Waals surface area contributed by atoms with Crippen LogP contribution in [0.4, 0.5) is 0 Å². The fourth-order valence-corrected chi connectivity index (χ4v) is 1.74. The van der Waals surface area contributed by atoms with Crippen molar-refractivity contribution >= 4 is 17.0 Å². The molecule has 2 rings (SSSR count). The topological polar surface area (TPSA) is 42.6 Å². The second-order valence-electron chi connectivity index (χ2n) is 3.72. The first-order valence-electron chi connectivity index (χ1n) is 5.40. The molecule has 0 atom stereocenters. The molecule has 0 aliphatic rings. The molecule has 1 heterocycles. The molecule has 0 N–H and O–H groups in total. The molecular formula is C13H13NO2. The Bertz CT molecular complexity index is 509. The minimum Gasteiger partial charge on any atom is -0.464 e. The van der Waals surface area contributed by atoms with E-state index in [-0.39, 0.29) is 0 Å². The molecule has 0 saturated carbocycles. The molecule has 0 saturated heterocycles. The van der Waals surface area contributed by atoms with Crippen LogP contribution < -0.4 is 0 Å². The quantitative estimate of drug-likeness (QED) is 0.437. The maximum atomic E-state index is 9.85. The van der Waals surface area contributed by atoms with E-state index in [1.54, 1.807) is 12.3 Å². The lowest BCUT2D eigenvalue weighted by Gasteiger charge is -1.99. The summed E-state index contributed by atoms with van der Waals surface area (Å²) >= 11 is 0. The number of rotatable bonds is 5. The SMILES string of the molecule is O=C=NCCCCc1ccc2occc2c1. The average molecular weight is 215 g/mol. The van der Waals surface area contributed by atoms with E-state index in [0.29, 0.717) is 6.54 Å². The van der Waals surface area contributed by atoms with Gasteiger partial charge in [0.05, 0.1) is 12.8 Å². The van der Waals surface area contributed by atoms with E-state index in [9.17, 15) is 4.79 Å². The predicted molar refractivity (Wildman–Crippen MR) is 62.1 cm³/mol. The van der Waals surface area contributed by atoms with E-state index < -0.39 is 0 Å². The number of carbonyl (C=O) groups excluding carboxylic acids is 1. The summed E-state index contributed by atoms with van der Waals surface area (Å²) in [5.41, 5.74) is 2.22. The van der Waals surface area contributed by atoms with Gasteiger partial charge in [-0.15, -0.1) is 0 Å². The molecular weight excluding hydrogens is 202 g/mol. The van der Waals surface area contributed by atoms with Gasteiger partial charge in [0.2, 0.25) is 6.08 Å². The lowest BCUT2D eigenvalue weighted by atomic mass is 10.1. The Labute approximate surface area is 93.8 Å². The van der Waals surface area contributed by atoms with Crippen molar-refractivity contribution < 1.29 is 9.21 Å². The first kappa shape index (κ1) is 10.7. The molecule has 3 nitrogen and oxygen atoms in total. The normalized spacial score (nSPS) is 10.2. The van der Waals surface area contributed by atoms with Gasteiger partial charge in [0.15, 0.2) is 0 Å². The molecule has 0 amide bonds. The summed E-state index contributed by atoms with van der Waals surface area (Å²) in [7, 11) is 0. The van der Waals surface area contributed by atoms with Crippen LogP contribution in [0.2, 0.25) is 0 Å². The second kappa shape index (κ2) is 5.29. The van der Waals surface area contributed by atoms with Gasteiger partial charge in [-0.2, -0.15) is 0 Å². The van der Waals surface area contributed by atoms with E-state index in [0.717, 1.165) is 30.2 Å². The fraction of sp³-hybridized carbons (Fsp3) is 0.308. The monoisotopic (exact) mass is 215 g/mol. The van der Waals surface area contributed by atoms with Crippen molar-refractivity contribution in [1.82, 2.24) is 0 Å². The summed E-state index contributed by atoms with van der Waals surface area (Å²) in [5.74, 6) is 0. The van der Waals surface area contributed by atoms with Gasteiger partial charge >= 0.3 is 0 Å². The average Bonchev–Trinajstić information content (AvgIpc) is 2.76. The Kier molecular flexibility index (Phi) is 3.52. The number of nitrogens with zero attached hydrogens (tertiary/aromatic N) is 1. The molecule has 0 bridgehead atoms. The van der Waals surface area contributed by atoms with Gasteiger partial charge in [0.25, 0.3) is 0 Å². The van der Waals surface area contributed by atoms with E-state index in [1.807, 2.05) is 12.1 Å². The van der Waals surface area contributed by atoms with Gasteiger partial charge in [0.1, 0.15) is 5.58 Å². The maximum absolute atomic E-state index is 9.85. The van der Waals surface area contributed by atoms with Crippen LogP contribution >= 0.6 is 0 Å². The van der Waals surface area contributed by atoms with Crippen molar-refractivity contribution in [2.24, 2.45) is 4.99 Å². The molecule has 0 spiro atoms. The molecule has 0 fully saturated rings. The maximum Gasteiger partial charge on any atom is 0.234 e. The molecule has 2 aromatic rings. The molecule has 0 radical (unpaired) electrons. The highest BCUT2D eigenvalue weighted by Gasteiger charge is 1.98. The molecule has 16 heavy (non-hydrogen) atoms. The van der Waals surface area contributed by atoms with Crippen LogP contribution in [-0.4, -0.2) is 12.6 Å². The zero-order valence-electron chi connectivity index (χ0n) is 8.98. The Morgan fingerprint density at radius 2 is 2.19 bits per heavy atom. The Morgan fingerprint density at radius 1 is 1.25 bits per heavy atom. The second-order valence-corrected chi connectivity index (χ2v) is 3.72. The fourth-order valence-electron chi connectivity index (χ4n) is 1.74. The summed E-state index contributed by atoms with van der Waals surface area (Å²) < 4.78 is 5.27. The summed E-state index contributed by atoms with van der Waals surface area (Å²) in [6.07, 6.45) is 6.23. The molecule has 0 unspecified atom stereocenters. The standard InChI is InChI=1S/C13H13NO2/c15-10-14-7-2-1-3-11-4-5-13-12(9-11)6-8-16-13/h4-6,8-9H,1-3,7H2. The van der Waals surface area contributed by atoms with Crippen molar-refractivity contribution in [3.05, 3.63) is 36.1 Å². The number of isocyanates is 1. The van der Waals surface area contributed by atoms with Crippen molar-refractivity contribution in [2.75, 3.05) is 6.54 Å². The minimum atomic E-state index is 0.581. The number of aliphatic imine (C=N–C) groups is 1. The number of furan rings is 1. The lowest BCUT2D eigenvalue weighted by Crippen LogP contribution is -1.87. The first-order valence-corrected chi connectivity index (χ1v) is 5.40. The third-order valence-electron chi connectivity index (χ3n) is 2.57. The number of hydrogen-bond donors (Lipinski definition) is 0. The van der Waals surface area contributed by atoms with Crippen molar-refractivity contribution in [2.45, 2.75) is 19.3 Å². The van der Waals surface area contributed by atoms with Gasteiger partial charge in [0, 0.05) is 5.39 Å². The van der Waals surface area contributed by atoms with Crippen molar-refractivity contribution in [3.8, 4) is 0 Å². The van der Waals surface area contributed by atoms with Crippen LogP contribution in [0.5, 0.6) is 0 Å². The van der Waals surface area contributed by atoms with Crippen LogP contribution in [0, 0.1) is 0 Å². The van der Waals surface area contributed by atoms with E-state index in [2.05, 4.69) is 17.1 Å². The van der Waals surface area contributed by atoms with Gasteiger partial charge in [-0.3, -0.25) is 0 Å². The number of benzene rings is 1. The van der Waals surface area contributed by atoms with Gasteiger partial charge in [-0.1, -0.05) is 6.07 Å². The number of unbranched alkanes of at least 4 members (excludes halogenated alkanes) is 1. The van der Waals surface area contributed by atoms with Crippen LogP contribution in [0.15, 0.2) is 39.9 Å². The molecule has 82 valence electrons. The van der Waals surface area contributed by atoms with Crippen molar-refractivity contribution in [1.29, 1.82) is 0 Å². The summed E-state index contributed by atoms with van der Waals surface area (Å²) in [6.45, 7) is 0.581. The van der Waals surface area contributed by atoms with Gasteiger partial charge in [-0.05, 0) is 43.0 Å². The Balaban J connectivity index is 1.91. The molecule has 1 aromatic carbocycles. The van der Waals surface area contributed by atoms with Gasteiger partial charge < -0.3 is 4.42 Å². The third kappa shape index (κ3) is 2.59. The predicted octanol–water partition coefficient (Wildman–Crippen LogP) is 3.09. The summed E-state index contributed by atoms with van der Waals surface area (Å²) in [5, 5.41) is 1.14. The molecule has 3 heteroatoms. The highest BCUT2D eigenvalue weighted by atomic mass is 16.3. The number of fused-ring (bicyclic) bond motifs is 1. The van der Waals surface area contributed by atoms with Crippen LogP contribution in [0.1, 0.15) is 18.4 Å². The van der Waals surface area contributed by atoms with Gasteiger partial charge in [-0.25, -0.2) is 9.79 Å². The van der Waals surface area contributed by atoms with E-state index in [4.69, 9.17) is 4.42 Å². The zero-order valence-corrected chi connectivity index (χ0v) is 8.98. The Hall–Kier alpha value is -1.86. The first-order chi connectivity index (χ1) is 7.90. The number of hydrogen-bond acceptors (Lipinski definition) is 3. The van der Waals surface area contributed by atoms with Crippen LogP contribution in [0.3, 0.4) is 0 Å². The smallest absolute Gasteiger partial charge is 0.234 e.